The lowest BCUT2D eigenvalue weighted by Crippen LogP contribution is -2.09. The Kier molecular flexibility index (Phi) is 8.29. The molecule has 1 N–H and O–H groups in total. The van der Waals surface area contributed by atoms with E-state index in [2.05, 4.69) is 5.32 Å². The molecule has 3 aromatic rings. The summed E-state index contributed by atoms with van der Waals surface area (Å²) in [6.07, 6.45) is 6.77. The van der Waals surface area contributed by atoms with Crippen molar-refractivity contribution in [2.24, 2.45) is 0 Å². The molecule has 0 bridgehead atoms. The van der Waals surface area contributed by atoms with Crippen LogP contribution >= 0.6 is 0 Å². The fourth-order valence-electron chi connectivity index (χ4n) is 3.24. The van der Waals surface area contributed by atoms with Gasteiger partial charge in [0.15, 0.2) is 11.5 Å². The number of hydrogen-bond acceptors (Lipinski definition) is 5. The van der Waals surface area contributed by atoms with Crippen molar-refractivity contribution in [3.05, 3.63) is 83.2 Å². The monoisotopic (exact) mass is 463 g/mol. The van der Waals surface area contributed by atoms with E-state index in [0.29, 0.717) is 34.2 Å². The molecule has 0 aliphatic rings. The van der Waals surface area contributed by atoms with Crippen LogP contribution in [0.2, 0.25) is 0 Å². The smallest absolute Gasteiger partial charge is 0.248 e. The third-order valence-electron chi connectivity index (χ3n) is 4.93. The SMILES string of the molecule is COc1ccc(/C=C/c2cc(OC)c(OC)c(OC)c2)cc1NC(=O)/C=C/c1ccc(F)cc1. The molecule has 0 unspecified atom stereocenters. The third kappa shape index (κ3) is 6.16. The van der Waals surface area contributed by atoms with E-state index in [0.717, 1.165) is 11.1 Å². The lowest BCUT2D eigenvalue weighted by atomic mass is 10.1. The zero-order valence-corrected chi connectivity index (χ0v) is 19.4. The van der Waals surface area contributed by atoms with Gasteiger partial charge in [0, 0.05) is 6.08 Å². The Balaban J connectivity index is 1.80. The predicted molar refractivity (Wildman–Crippen MR) is 132 cm³/mol. The summed E-state index contributed by atoms with van der Waals surface area (Å²) in [6.45, 7) is 0. The number of carbonyl (C=O) groups is 1. The van der Waals surface area contributed by atoms with Gasteiger partial charge in [0.05, 0.1) is 34.1 Å². The number of benzene rings is 3. The Labute approximate surface area is 198 Å². The van der Waals surface area contributed by atoms with Gasteiger partial charge in [-0.1, -0.05) is 30.4 Å². The number of hydrogen-bond donors (Lipinski definition) is 1. The second-order valence-corrected chi connectivity index (χ2v) is 7.13. The van der Waals surface area contributed by atoms with Gasteiger partial charge in [-0.3, -0.25) is 4.79 Å². The molecule has 0 heterocycles. The van der Waals surface area contributed by atoms with Crippen molar-refractivity contribution >= 4 is 29.8 Å². The van der Waals surface area contributed by atoms with Gasteiger partial charge in [-0.25, -0.2) is 4.39 Å². The zero-order valence-electron chi connectivity index (χ0n) is 19.4. The van der Waals surface area contributed by atoms with E-state index in [1.807, 2.05) is 30.4 Å². The van der Waals surface area contributed by atoms with Crippen LogP contribution in [-0.2, 0) is 4.79 Å². The minimum Gasteiger partial charge on any atom is -0.495 e. The van der Waals surface area contributed by atoms with Gasteiger partial charge < -0.3 is 24.3 Å². The molecule has 0 saturated carbocycles. The fraction of sp³-hybridized carbons (Fsp3) is 0.148. The number of carbonyl (C=O) groups excluding carboxylic acids is 1. The van der Waals surface area contributed by atoms with E-state index in [-0.39, 0.29) is 11.7 Å². The summed E-state index contributed by atoms with van der Waals surface area (Å²) in [7, 11) is 6.21. The van der Waals surface area contributed by atoms with E-state index in [1.165, 1.54) is 25.3 Å². The second-order valence-electron chi connectivity index (χ2n) is 7.13. The molecule has 34 heavy (non-hydrogen) atoms. The molecule has 0 saturated heterocycles. The summed E-state index contributed by atoms with van der Waals surface area (Å²) in [5, 5.41) is 2.82. The van der Waals surface area contributed by atoms with Crippen LogP contribution in [0.25, 0.3) is 18.2 Å². The first-order valence-corrected chi connectivity index (χ1v) is 10.4. The van der Waals surface area contributed by atoms with Crippen molar-refractivity contribution < 1.29 is 28.1 Å². The van der Waals surface area contributed by atoms with Gasteiger partial charge in [0.1, 0.15) is 11.6 Å². The van der Waals surface area contributed by atoms with Crippen LogP contribution in [-0.4, -0.2) is 34.3 Å². The normalized spacial score (nSPS) is 11.0. The van der Waals surface area contributed by atoms with E-state index in [1.54, 1.807) is 51.7 Å². The summed E-state index contributed by atoms with van der Waals surface area (Å²) in [5.74, 6) is 1.48. The average molecular weight is 464 g/mol. The number of methoxy groups -OCH3 is 4. The lowest BCUT2D eigenvalue weighted by Gasteiger charge is -2.13. The van der Waals surface area contributed by atoms with Crippen LogP contribution in [0.1, 0.15) is 16.7 Å². The molecule has 3 rings (SSSR count). The van der Waals surface area contributed by atoms with E-state index >= 15 is 0 Å². The lowest BCUT2D eigenvalue weighted by molar-refractivity contribution is -0.111. The maximum atomic E-state index is 13.0. The summed E-state index contributed by atoms with van der Waals surface area (Å²) in [6, 6.07) is 15.0. The highest BCUT2D eigenvalue weighted by atomic mass is 19.1. The number of ether oxygens (including phenoxy) is 4. The van der Waals surface area contributed by atoms with Crippen LogP contribution in [0.3, 0.4) is 0 Å². The van der Waals surface area contributed by atoms with E-state index in [4.69, 9.17) is 18.9 Å². The van der Waals surface area contributed by atoms with Crippen molar-refractivity contribution in [1.29, 1.82) is 0 Å². The van der Waals surface area contributed by atoms with Gasteiger partial charge in [-0.15, -0.1) is 0 Å². The van der Waals surface area contributed by atoms with Crippen molar-refractivity contribution in [2.45, 2.75) is 0 Å². The van der Waals surface area contributed by atoms with Crippen LogP contribution in [0, 0.1) is 5.82 Å². The summed E-state index contributed by atoms with van der Waals surface area (Å²) < 4.78 is 34.6. The van der Waals surface area contributed by atoms with Gasteiger partial charge in [-0.2, -0.15) is 0 Å². The summed E-state index contributed by atoms with van der Waals surface area (Å²) in [4.78, 5) is 12.4. The van der Waals surface area contributed by atoms with Crippen LogP contribution in [0.4, 0.5) is 10.1 Å². The largest absolute Gasteiger partial charge is 0.495 e. The molecule has 0 aliphatic carbocycles. The molecule has 1 amide bonds. The predicted octanol–water partition coefficient (Wildman–Crippen LogP) is 5.68. The summed E-state index contributed by atoms with van der Waals surface area (Å²) in [5.41, 5.74) is 2.92. The Bertz CT molecular complexity index is 1180. The Morgan fingerprint density at radius 1 is 0.706 bits per heavy atom. The highest BCUT2D eigenvalue weighted by Gasteiger charge is 2.12. The second kappa shape index (κ2) is 11.6. The Morgan fingerprint density at radius 3 is 1.88 bits per heavy atom. The minimum absolute atomic E-state index is 0.331. The molecule has 0 aliphatic heterocycles. The first kappa shape index (κ1) is 24.4. The molecular formula is C27H26FNO5. The first-order valence-electron chi connectivity index (χ1n) is 10.4. The maximum Gasteiger partial charge on any atom is 0.248 e. The number of amides is 1. The van der Waals surface area contributed by atoms with Crippen molar-refractivity contribution in [3.8, 4) is 23.0 Å². The fourth-order valence-corrected chi connectivity index (χ4v) is 3.24. The molecule has 6 nitrogen and oxygen atoms in total. The minimum atomic E-state index is -0.339. The first-order chi connectivity index (χ1) is 16.5. The molecule has 0 spiro atoms. The highest BCUT2D eigenvalue weighted by Crippen LogP contribution is 2.38. The maximum absolute atomic E-state index is 13.0. The van der Waals surface area contributed by atoms with E-state index < -0.39 is 0 Å². The average Bonchev–Trinajstić information content (AvgIpc) is 2.86. The Hall–Kier alpha value is -4.26. The Morgan fingerprint density at radius 2 is 1.29 bits per heavy atom. The van der Waals surface area contributed by atoms with Crippen LogP contribution < -0.4 is 24.3 Å². The van der Waals surface area contributed by atoms with Crippen LogP contribution in [0.5, 0.6) is 23.0 Å². The van der Waals surface area contributed by atoms with Gasteiger partial charge in [-0.05, 0) is 59.2 Å². The van der Waals surface area contributed by atoms with Gasteiger partial charge in [0.25, 0.3) is 0 Å². The molecule has 0 radical (unpaired) electrons. The number of anilines is 1. The molecule has 3 aromatic carbocycles. The number of rotatable bonds is 9. The third-order valence-corrected chi connectivity index (χ3v) is 4.93. The molecule has 0 aromatic heterocycles. The molecular weight excluding hydrogens is 437 g/mol. The van der Waals surface area contributed by atoms with Crippen molar-refractivity contribution in [2.75, 3.05) is 33.8 Å². The molecule has 0 atom stereocenters. The quantitative estimate of drug-likeness (QED) is 0.327. The van der Waals surface area contributed by atoms with Crippen molar-refractivity contribution in [3.63, 3.8) is 0 Å². The number of halogens is 1. The topological polar surface area (TPSA) is 66.0 Å². The van der Waals surface area contributed by atoms with E-state index in [9.17, 15) is 9.18 Å². The van der Waals surface area contributed by atoms with Gasteiger partial charge in [0.2, 0.25) is 11.7 Å². The molecule has 0 fully saturated rings. The summed E-state index contributed by atoms with van der Waals surface area (Å²) >= 11 is 0. The number of nitrogens with one attached hydrogen (secondary N) is 1. The van der Waals surface area contributed by atoms with Crippen molar-refractivity contribution in [1.82, 2.24) is 0 Å². The molecule has 176 valence electrons. The van der Waals surface area contributed by atoms with Crippen LogP contribution in [0.15, 0.2) is 60.7 Å². The highest BCUT2D eigenvalue weighted by molar-refractivity contribution is 6.03. The molecule has 7 heteroatoms. The van der Waals surface area contributed by atoms with Gasteiger partial charge >= 0.3 is 0 Å². The standard InChI is InChI=1S/C27H26FNO5/c1-31-23-13-9-19(5-6-20-16-24(32-2)27(34-4)25(17-20)33-3)15-22(23)29-26(30)14-10-18-7-11-21(28)12-8-18/h5-17H,1-4H3,(H,29,30)/b6-5+,14-10+. The zero-order chi connectivity index (χ0) is 24.5.